The normalized spacial score (nSPS) is 11.8. The Kier molecular flexibility index (Phi) is 5.92. The van der Waals surface area contributed by atoms with Gasteiger partial charge in [-0.25, -0.2) is 9.67 Å². The molecule has 0 bridgehead atoms. The van der Waals surface area contributed by atoms with E-state index in [9.17, 15) is 9.59 Å². The first-order chi connectivity index (χ1) is 11.4. The van der Waals surface area contributed by atoms with E-state index in [1.165, 1.54) is 0 Å². The van der Waals surface area contributed by atoms with Crippen molar-refractivity contribution in [3.63, 3.8) is 0 Å². The van der Waals surface area contributed by atoms with E-state index in [0.717, 1.165) is 12.1 Å². The second-order valence-electron chi connectivity index (χ2n) is 5.36. The number of aromatic nitrogens is 3. The molecule has 0 aliphatic heterocycles. The van der Waals surface area contributed by atoms with Gasteiger partial charge in [-0.3, -0.25) is 9.59 Å². The molecule has 0 aliphatic rings. The van der Waals surface area contributed by atoms with Gasteiger partial charge >= 0.3 is 0 Å². The summed E-state index contributed by atoms with van der Waals surface area (Å²) in [5.41, 5.74) is 0.747. The highest BCUT2D eigenvalue weighted by atomic mass is 35.5. The number of carbonyl (C=O) groups excluding carboxylic acids is 2. The highest BCUT2D eigenvalue weighted by Gasteiger charge is 2.20. The number of benzene rings is 1. The molecule has 0 saturated heterocycles. The third-order valence-electron chi connectivity index (χ3n) is 3.33. The number of carbonyl (C=O) groups is 2. The number of rotatable bonds is 6. The highest BCUT2D eigenvalue weighted by Crippen LogP contribution is 2.14. The van der Waals surface area contributed by atoms with Crippen LogP contribution < -0.4 is 10.6 Å². The molecule has 24 heavy (non-hydrogen) atoms. The van der Waals surface area contributed by atoms with Crippen LogP contribution in [0, 0.1) is 6.92 Å². The maximum atomic E-state index is 12.2. The quantitative estimate of drug-likeness (QED) is 0.833. The molecular weight excluding hydrogens is 330 g/mol. The standard InChI is InChI=1S/C16H20ClN5O2/c1-4-9-18-15(23)10(2)19-16(24)14-20-11(3)22(21-14)13-7-5-12(17)6-8-13/h5-8,10H,4,9H2,1-3H3,(H,18,23)(H,19,24)/t10-/m0/s1. The Morgan fingerprint density at radius 3 is 2.58 bits per heavy atom. The Morgan fingerprint density at radius 1 is 1.29 bits per heavy atom. The Hall–Kier alpha value is -2.41. The Bertz CT molecular complexity index is 727. The van der Waals surface area contributed by atoms with Crippen LogP contribution in [-0.4, -0.2) is 39.2 Å². The predicted octanol–water partition coefficient (Wildman–Crippen LogP) is 1.87. The summed E-state index contributed by atoms with van der Waals surface area (Å²) in [4.78, 5) is 28.2. The van der Waals surface area contributed by atoms with E-state index in [-0.39, 0.29) is 11.7 Å². The van der Waals surface area contributed by atoms with Crippen LogP contribution in [0.2, 0.25) is 5.02 Å². The monoisotopic (exact) mass is 349 g/mol. The third-order valence-corrected chi connectivity index (χ3v) is 3.59. The SMILES string of the molecule is CCCNC(=O)[C@H](C)NC(=O)c1nc(C)n(-c2ccc(Cl)cc2)n1. The zero-order valence-corrected chi connectivity index (χ0v) is 14.6. The average molecular weight is 350 g/mol. The first-order valence-corrected chi connectivity index (χ1v) is 8.08. The van der Waals surface area contributed by atoms with Crippen molar-refractivity contribution in [3.05, 3.63) is 40.9 Å². The van der Waals surface area contributed by atoms with Crippen molar-refractivity contribution in [2.24, 2.45) is 0 Å². The van der Waals surface area contributed by atoms with Crippen LogP contribution in [0.15, 0.2) is 24.3 Å². The lowest BCUT2D eigenvalue weighted by atomic mass is 10.3. The lowest BCUT2D eigenvalue weighted by Crippen LogP contribution is -2.45. The molecule has 0 unspecified atom stereocenters. The summed E-state index contributed by atoms with van der Waals surface area (Å²) >= 11 is 5.87. The molecule has 128 valence electrons. The van der Waals surface area contributed by atoms with Gasteiger partial charge in [0, 0.05) is 11.6 Å². The van der Waals surface area contributed by atoms with E-state index in [2.05, 4.69) is 20.7 Å². The predicted molar refractivity (Wildman–Crippen MR) is 91.3 cm³/mol. The fraction of sp³-hybridized carbons (Fsp3) is 0.375. The van der Waals surface area contributed by atoms with Crippen LogP contribution in [0.4, 0.5) is 0 Å². The Morgan fingerprint density at radius 2 is 1.96 bits per heavy atom. The molecule has 0 aliphatic carbocycles. The summed E-state index contributed by atoms with van der Waals surface area (Å²) in [5.74, 6) is -0.160. The van der Waals surface area contributed by atoms with Crippen molar-refractivity contribution in [1.29, 1.82) is 0 Å². The van der Waals surface area contributed by atoms with Gasteiger partial charge in [0.2, 0.25) is 11.7 Å². The van der Waals surface area contributed by atoms with Gasteiger partial charge in [0.15, 0.2) is 0 Å². The van der Waals surface area contributed by atoms with Crippen molar-refractivity contribution < 1.29 is 9.59 Å². The fourth-order valence-corrected chi connectivity index (χ4v) is 2.17. The first kappa shape index (κ1) is 17.9. The Balaban J connectivity index is 2.10. The molecule has 2 N–H and O–H groups in total. The summed E-state index contributed by atoms with van der Waals surface area (Å²) in [5, 5.41) is 10.1. The summed E-state index contributed by atoms with van der Waals surface area (Å²) in [6.45, 7) is 5.89. The van der Waals surface area contributed by atoms with Crippen LogP contribution in [0.25, 0.3) is 5.69 Å². The number of nitrogens with one attached hydrogen (secondary N) is 2. The van der Waals surface area contributed by atoms with Gasteiger partial charge in [-0.1, -0.05) is 18.5 Å². The molecule has 2 rings (SSSR count). The van der Waals surface area contributed by atoms with Gasteiger partial charge < -0.3 is 10.6 Å². The van der Waals surface area contributed by atoms with Gasteiger partial charge in [0.1, 0.15) is 11.9 Å². The summed E-state index contributed by atoms with van der Waals surface area (Å²) in [6, 6.07) is 6.38. The number of aryl methyl sites for hydroxylation is 1. The van der Waals surface area contributed by atoms with Crippen LogP contribution in [0.1, 0.15) is 36.7 Å². The zero-order valence-electron chi connectivity index (χ0n) is 13.8. The van der Waals surface area contributed by atoms with E-state index < -0.39 is 11.9 Å². The maximum absolute atomic E-state index is 12.2. The second kappa shape index (κ2) is 7.92. The lowest BCUT2D eigenvalue weighted by molar-refractivity contribution is -0.122. The molecule has 0 saturated carbocycles. The van der Waals surface area contributed by atoms with Crippen molar-refractivity contribution in [1.82, 2.24) is 25.4 Å². The van der Waals surface area contributed by atoms with Crippen LogP contribution >= 0.6 is 11.6 Å². The smallest absolute Gasteiger partial charge is 0.291 e. The largest absolute Gasteiger partial charge is 0.354 e. The fourth-order valence-electron chi connectivity index (χ4n) is 2.04. The molecule has 0 radical (unpaired) electrons. The third kappa shape index (κ3) is 4.32. The van der Waals surface area contributed by atoms with Gasteiger partial charge in [0.05, 0.1) is 5.69 Å². The van der Waals surface area contributed by atoms with E-state index in [4.69, 9.17) is 11.6 Å². The van der Waals surface area contributed by atoms with E-state index in [1.54, 1.807) is 42.8 Å². The van der Waals surface area contributed by atoms with Gasteiger partial charge in [-0.2, -0.15) is 0 Å². The number of amides is 2. The molecule has 1 aromatic heterocycles. The molecular formula is C16H20ClN5O2. The zero-order chi connectivity index (χ0) is 17.7. The molecule has 2 amide bonds. The summed E-state index contributed by atoms with van der Waals surface area (Å²) < 4.78 is 1.55. The van der Waals surface area contributed by atoms with Crippen LogP contribution in [-0.2, 0) is 4.79 Å². The van der Waals surface area contributed by atoms with E-state index in [0.29, 0.717) is 17.4 Å². The molecule has 2 aromatic rings. The van der Waals surface area contributed by atoms with Gasteiger partial charge in [-0.05, 0) is 44.5 Å². The number of nitrogens with zero attached hydrogens (tertiary/aromatic N) is 3. The molecule has 0 spiro atoms. The van der Waals surface area contributed by atoms with Crippen LogP contribution in [0.5, 0.6) is 0 Å². The number of hydrogen-bond acceptors (Lipinski definition) is 4. The van der Waals surface area contributed by atoms with Crippen molar-refractivity contribution in [2.75, 3.05) is 6.54 Å². The van der Waals surface area contributed by atoms with Crippen LogP contribution in [0.3, 0.4) is 0 Å². The molecule has 0 fully saturated rings. The summed E-state index contributed by atoms with van der Waals surface area (Å²) in [6.07, 6.45) is 0.832. The lowest BCUT2D eigenvalue weighted by Gasteiger charge is -2.12. The van der Waals surface area contributed by atoms with Crippen molar-refractivity contribution in [2.45, 2.75) is 33.2 Å². The number of hydrogen-bond donors (Lipinski definition) is 2. The van der Waals surface area contributed by atoms with E-state index in [1.807, 2.05) is 6.92 Å². The highest BCUT2D eigenvalue weighted by molar-refractivity contribution is 6.30. The van der Waals surface area contributed by atoms with Crippen molar-refractivity contribution in [3.8, 4) is 5.69 Å². The Labute approximate surface area is 145 Å². The minimum Gasteiger partial charge on any atom is -0.354 e. The molecule has 1 heterocycles. The molecule has 8 heteroatoms. The van der Waals surface area contributed by atoms with Gasteiger partial charge in [-0.15, -0.1) is 5.10 Å². The average Bonchev–Trinajstić information content (AvgIpc) is 2.95. The minimum absolute atomic E-state index is 0.0117. The topological polar surface area (TPSA) is 88.9 Å². The minimum atomic E-state index is -0.660. The molecule has 1 atom stereocenters. The summed E-state index contributed by atoms with van der Waals surface area (Å²) in [7, 11) is 0. The first-order valence-electron chi connectivity index (χ1n) is 7.70. The maximum Gasteiger partial charge on any atom is 0.291 e. The van der Waals surface area contributed by atoms with Crippen molar-refractivity contribution >= 4 is 23.4 Å². The molecule has 7 nitrogen and oxygen atoms in total. The second-order valence-corrected chi connectivity index (χ2v) is 5.79. The van der Waals surface area contributed by atoms with E-state index >= 15 is 0 Å². The molecule has 1 aromatic carbocycles. The van der Waals surface area contributed by atoms with Gasteiger partial charge in [0.25, 0.3) is 5.91 Å². The number of halogens is 1.